The lowest BCUT2D eigenvalue weighted by Crippen LogP contribution is -2.38. The highest BCUT2D eigenvalue weighted by molar-refractivity contribution is 7.89. The number of anilines is 1. The summed E-state index contributed by atoms with van der Waals surface area (Å²) in [5, 5.41) is 6.89. The Morgan fingerprint density at radius 1 is 0.884 bits per heavy atom. The van der Waals surface area contributed by atoms with Gasteiger partial charge in [0, 0.05) is 24.0 Å². The molecule has 1 aliphatic rings. The smallest absolute Gasteiger partial charge is 0.243 e. The number of para-hydroxylation sites is 1. The number of aromatic nitrogens is 1. The Labute approximate surface area is 256 Å². The monoisotopic (exact) mass is 608 g/mol. The van der Waals surface area contributed by atoms with Crippen molar-refractivity contribution in [1.29, 1.82) is 0 Å². The third kappa shape index (κ3) is 7.37. The molecular weight excluding hydrogens is 577 g/mol. The standard InChI is InChI=1S/C34H32N4O3S2/c39-43(40,38-20-18-27(19-21-38)22-26-8-3-1-4-9-26)32-16-14-29(15-17-32)33-25-42-34(36-33)37-35-24-28-10-7-13-31(23-28)41-30-11-5-2-6-12-30/h1-17,23-25,27H,18-22H2,(H,36,37). The van der Waals surface area contributed by atoms with Crippen LogP contribution in [0.3, 0.4) is 0 Å². The fraction of sp³-hybridized carbons (Fsp3) is 0.176. The van der Waals surface area contributed by atoms with Crippen LogP contribution in [0.25, 0.3) is 11.3 Å². The Hall–Kier alpha value is -4.31. The van der Waals surface area contributed by atoms with Crippen molar-refractivity contribution in [3.05, 3.63) is 126 Å². The predicted molar refractivity (Wildman–Crippen MR) is 173 cm³/mol. The SMILES string of the molecule is O=S(=O)(c1ccc(-c2csc(NN=Cc3cccc(Oc4ccccc4)c3)n2)cc1)N1CCC(Cc2ccccc2)CC1. The Balaban J connectivity index is 1.03. The zero-order valence-corrected chi connectivity index (χ0v) is 25.2. The van der Waals surface area contributed by atoms with Crippen LogP contribution in [0.5, 0.6) is 11.5 Å². The van der Waals surface area contributed by atoms with E-state index < -0.39 is 10.0 Å². The summed E-state index contributed by atoms with van der Waals surface area (Å²) in [7, 11) is -3.54. The minimum absolute atomic E-state index is 0.314. The summed E-state index contributed by atoms with van der Waals surface area (Å²) in [5.74, 6) is 2.01. The van der Waals surface area contributed by atoms with Gasteiger partial charge < -0.3 is 4.74 Å². The molecule has 0 radical (unpaired) electrons. The summed E-state index contributed by atoms with van der Waals surface area (Å²) in [6.45, 7) is 1.10. The Morgan fingerprint density at radius 2 is 1.58 bits per heavy atom. The van der Waals surface area contributed by atoms with E-state index in [1.165, 1.54) is 16.9 Å². The van der Waals surface area contributed by atoms with Crippen LogP contribution in [-0.2, 0) is 16.4 Å². The number of nitrogens with one attached hydrogen (secondary N) is 1. The molecule has 0 spiro atoms. The highest BCUT2D eigenvalue weighted by Crippen LogP contribution is 2.29. The van der Waals surface area contributed by atoms with Crippen molar-refractivity contribution in [1.82, 2.24) is 9.29 Å². The van der Waals surface area contributed by atoms with Crippen LogP contribution in [0.15, 0.2) is 125 Å². The van der Waals surface area contributed by atoms with Gasteiger partial charge in [-0.15, -0.1) is 11.3 Å². The van der Waals surface area contributed by atoms with E-state index in [2.05, 4.69) is 39.8 Å². The molecular formula is C34H32N4O3S2. The Bertz CT molecular complexity index is 1770. The van der Waals surface area contributed by atoms with Gasteiger partial charge in [0.15, 0.2) is 0 Å². The molecule has 43 heavy (non-hydrogen) atoms. The normalized spacial score (nSPS) is 14.6. The van der Waals surface area contributed by atoms with Gasteiger partial charge in [0.1, 0.15) is 11.5 Å². The molecule has 0 bridgehead atoms. The third-order valence-electron chi connectivity index (χ3n) is 7.44. The second-order valence-electron chi connectivity index (χ2n) is 10.5. The zero-order chi connectivity index (χ0) is 29.5. The predicted octanol–water partition coefficient (Wildman–Crippen LogP) is 7.69. The summed E-state index contributed by atoms with van der Waals surface area (Å²) in [5.41, 5.74) is 6.78. The van der Waals surface area contributed by atoms with Gasteiger partial charge in [0.2, 0.25) is 15.2 Å². The molecule has 0 saturated carbocycles. The number of benzene rings is 4. The first-order valence-electron chi connectivity index (χ1n) is 14.2. The van der Waals surface area contributed by atoms with E-state index in [1.807, 2.05) is 78.2 Å². The second kappa shape index (κ2) is 13.3. The van der Waals surface area contributed by atoms with Gasteiger partial charge in [0.25, 0.3) is 0 Å². The average molecular weight is 609 g/mol. The first-order chi connectivity index (χ1) is 21.0. The van der Waals surface area contributed by atoms with Gasteiger partial charge in [-0.1, -0.05) is 72.8 Å². The summed E-state index contributed by atoms with van der Waals surface area (Å²) < 4.78 is 34.2. The maximum Gasteiger partial charge on any atom is 0.243 e. The van der Waals surface area contributed by atoms with Crippen LogP contribution in [0, 0.1) is 5.92 Å². The molecule has 0 amide bonds. The van der Waals surface area contributed by atoms with Crippen molar-refractivity contribution < 1.29 is 13.2 Å². The van der Waals surface area contributed by atoms with Crippen LogP contribution in [0.2, 0.25) is 0 Å². The first-order valence-corrected chi connectivity index (χ1v) is 16.6. The number of sulfonamides is 1. The van der Waals surface area contributed by atoms with E-state index in [-0.39, 0.29) is 0 Å². The molecule has 6 rings (SSSR count). The maximum atomic E-state index is 13.3. The van der Waals surface area contributed by atoms with E-state index in [9.17, 15) is 8.42 Å². The lowest BCUT2D eigenvalue weighted by molar-refractivity contribution is 0.273. The quantitative estimate of drug-likeness (QED) is 0.130. The van der Waals surface area contributed by atoms with Crippen LogP contribution in [-0.4, -0.2) is 37.0 Å². The van der Waals surface area contributed by atoms with E-state index >= 15 is 0 Å². The van der Waals surface area contributed by atoms with E-state index in [1.54, 1.807) is 22.7 Å². The summed E-state index contributed by atoms with van der Waals surface area (Å²) in [4.78, 5) is 4.93. The van der Waals surface area contributed by atoms with Gasteiger partial charge >= 0.3 is 0 Å². The Kier molecular flexibility index (Phi) is 8.93. The van der Waals surface area contributed by atoms with Crippen molar-refractivity contribution >= 4 is 32.7 Å². The highest BCUT2D eigenvalue weighted by atomic mass is 32.2. The number of piperidine rings is 1. The molecule has 1 aromatic heterocycles. The highest BCUT2D eigenvalue weighted by Gasteiger charge is 2.29. The maximum absolute atomic E-state index is 13.3. The van der Waals surface area contributed by atoms with Gasteiger partial charge in [-0.2, -0.15) is 9.41 Å². The summed E-state index contributed by atoms with van der Waals surface area (Å²) >= 11 is 1.43. The molecule has 0 atom stereocenters. The molecule has 2 heterocycles. The summed E-state index contributed by atoms with van der Waals surface area (Å²) in [6.07, 6.45) is 4.45. The molecule has 0 unspecified atom stereocenters. The van der Waals surface area contributed by atoms with Crippen molar-refractivity contribution in [2.45, 2.75) is 24.2 Å². The molecule has 1 saturated heterocycles. The van der Waals surface area contributed by atoms with Crippen LogP contribution in [0.1, 0.15) is 24.0 Å². The fourth-order valence-electron chi connectivity index (χ4n) is 5.15. The molecule has 1 aliphatic heterocycles. The minimum Gasteiger partial charge on any atom is -0.457 e. The summed E-state index contributed by atoms with van der Waals surface area (Å²) in [6, 6.07) is 34.7. The number of nitrogens with zero attached hydrogens (tertiary/aromatic N) is 3. The van der Waals surface area contributed by atoms with Crippen LogP contribution in [0.4, 0.5) is 5.13 Å². The second-order valence-corrected chi connectivity index (χ2v) is 13.3. The minimum atomic E-state index is -3.54. The lowest BCUT2D eigenvalue weighted by atomic mass is 9.91. The van der Waals surface area contributed by atoms with Crippen molar-refractivity contribution in [3.8, 4) is 22.8 Å². The van der Waals surface area contributed by atoms with Gasteiger partial charge in [-0.05, 0) is 72.7 Å². The van der Waals surface area contributed by atoms with Gasteiger partial charge in [-0.25, -0.2) is 13.4 Å². The van der Waals surface area contributed by atoms with Crippen molar-refractivity contribution in [2.75, 3.05) is 18.5 Å². The first kappa shape index (κ1) is 28.8. The zero-order valence-electron chi connectivity index (χ0n) is 23.5. The molecule has 1 fully saturated rings. The van der Waals surface area contributed by atoms with Crippen LogP contribution < -0.4 is 10.2 Å². The van der Waals surface area contributed by atoms with Gasteiger partial charge in [-0.3, -0.25) is 5.43 Å². The number of hydrogen-bond acceptors (Lipinski definition) is 7. The third-order valence-corrected chi connectivity index (χ3v) is 10.1. The molecule has 218 valence electrons. The number of rotatable bonds is 10. The van der Waals surface area contributed by atoms with E-state index in [4.69, 9.17) is 4.74 Å². The van der Waals surface area contributed by atoms with Crippen molar-refractivity contribution in [3.63, 3.8) is 0 Å². The number of hydrogen-bond donors (Lipinski definition) is 1. The Morgan fingerprint density at radius 3 is 2.33 bits per heavy atom. The topological polar surface area (TPSA) is 83.9 Å². The molecule has 9 heteroatoms. The largest absolute Gasteiger partial charge is 0.457 e. The van der Waals surface area contributed by atoms with Gasteiger partial charge in [0.05, 0.1) is 16.8 Å². The molecule has 5 aromatic rings. The molecule has 0 aliphatic carbocycles. The molecule has 7 nitrogen and oxygen atoms in total. The van der Waals surface area contributed by atoms with Crippen molar-refractivity contribution in [2.24, 2.45) is 11.0 Å². The lowest BCUT2D eigenvalue weighted by Gasteiger charge is -2.31. The fourth-order valence-corrected chi connectivity index (χ4v) is 7.29. The number of ether oxygens (including phenoxy) is 1. The van der Waals surface area contributed by atoms with E-state index in [0.717, 1.165) is 47.6 Å². The molecule has 1 N–H and O–H groups in total. The average Bonchev–Trinajstić information content (AvgIpc) is 3.52. The molecule has 4 aromatic carbocycles. The number of hydrazone groups is 1. The van der Waals surface area contributed by atoms with E-state index in [0.29, 0.717) is 29.0 Å². The van der Waals surface area contributed by atoms with Crippen LogP contribution >= 0.6 is 11.3 Å². The number of thiazole rings is 1.